The molecule has 10 rings (SSSR count). The van der Waals surface area contributed by atoms with E-state index in [2.05, 4.69) is 127 Å². The lowest BCUT2D eigenvalue weighted by Gasteiger charge is -2.13. The van der Waals surface area contributed by atoms with Gasteiger partial charge in [-0.1, -0.05) is 140 Å². The van der Waals surface area contributed by atoms with Gasteiger partial charge in [-0.15, -0.1) is 11.3 Å². The molecule has 0 spiro atoms. The van der Waals surface area contributed by atoms with Crippen molar-refractivity contribution in [3.05, 3.63) is 152 Å². The second kappa shape index (κ2) is 10.3. The Morgan fingerprint density at radius 1 is 0.383 bits per heavy atom. The van der Waals surface area contributed by atoms with Crippen LogP contribution in [0.15, 0.2) is 152 Å². The van der Waals surface area contributed by atoms with E-state index in [-0.39, 0.29) is 0 Å². The van der Waals surface area contributed by atoms with Gasteiger partial charge in [0.15, 0.2) is 17.5 Å². The van der Waals surface area contributed by atoms with E-state index >= 15 is 0 Å². The van der Waals surface area contributed by atoms with Crippen molar-refractivity contribution in [2.75, 3.05) is 0 Å². The van der Waals surface area contributed by atoms with Gasteiger partial charge in [-0.3, -0.25) is 0 Å². The molecule has 7 aromatic carbocycles. The Labute approximate surface area is 275 Å². The molecule has 1 aliphatic carbocycles. The fourth-order valence-corrected chi connectivity index (χ4v) is 8.40. The average Bonchev–Trinajstić information content (AvgIpc) is 3.69. The topological polar surface area (TPSA) is 38.7 Å². The largest absolute Gasteiger partial charge is 0.208 e. The van der Waals surface area contributed by atoms with E-state index in [1.165, 1.54) is 58.8 Å². The molecule has 0 bridgehead atoms. The van der Waals surface area contributed by atoms with Gasteiger partial charge < -0.3 is 0 Å². The minimum absolute atomic E-state index is 0.659. The van der Waals surface area contributed by atoms with Gasteiger partial charge in [-0.25, -0.2) is 15.0 Å². The third kappa shape index (κ3) is 4.09. The van der Waals surface area contributed by atoms with E-state index in [0.29, 0.717) is 17.5 Å². The second-order valence-corrected chi connectivity index (χ2v) is 13.0. The Hall–Kier alpha value is -5.97. The Kier molecular flexibility index (Phi) is 5.74. The molecule has 2 heterocycles. The minimum atomic E-state index is 0.659. The van der Waals surface area contributed by atoms with Crippen molar-refractivity contribution in [1.29, 1.82) is 0 Å². The zero-order chi connectivity index (χ0) is 30.9. The van der Waals surface area contributed by atoms with E-state index in [1.807, 2.05) is 35.6 Å². The maximum atomic E-state index is 5.24. The third-order valence-electron chi connectivity index (χ3n) is 9.27. The van der Waals surface area contributed by atoms with Crippen molar-refractivity contribution >= 4 is 42.3 Å². The molecule has 0 saturated carbocycles. The predicted octanol–water partition coefficient (Wildman–Crippen LogP) is 11.7. The summed E-state index contributed by atoms with van der Waals surface area (Å²) in [6.07, 6.45) is 0. The van der Waals surface area contributed by atoms with Crippen LogP contribution in [0.5, 0.6) is 0 Å². The Morgan fingerprint density at radius 2 is 0.957 bits per heavy atom. The molecule has 0 unspecified atom stereocenters. The maximum Gasteiger partial charge on any atom is 0.164 e. The van der Waals surface area contributed by atoms with Gasteiger partial charge in [0.1, 0.15) is 0 Å². The number of fused-ring (bicyclic) bond motifs is 7. The summed E-state index contributed by atoms with van der Waals surface area (Å²) in [5, 5.41) is 5.01. The predicted molar refractivity (Wildman–Crippen MR) is 196 cm³/mol. The van der Waals surface area contributed by atoms with Crippen LogP contribution in [-0.4, -0.2) is 15.0 Å². The molecule has 0 atom stereocenters. The molecular weight excluding hydrogens is 591 g/mol. The summed E-state index contributed by atoms with van der Waals surface area (Å²) >= 11 is 1.86. The zero-order valence-electron chi connectivity index (χ0n) is 25.2. The third-order valence-corrected chi connectivity index (χ3v) is 10.5. The summed E-state index contributed by atoms with van der Waals surface area (Å²) < 4.78 is 2.53. The van der Waals surface area contributed by atoms with Crippen molar-refractivity contribution in [1.82, 2.24) is 15.0 Å². The van der Waals surface area contributed by atoms with E-state index < -0.39 is 0 Å². The summed E-state index contributed by atoms with van der Waals surface area (Å²) in [7, 11) is 0. The van der Waals surface area contributed by atoms with Gasteiger partial charge in [0.05, 0.1) is 0 Å². The highest BCUT2D eigenvalue weighted by Gasteiger charge is 2.28. The number of hydrogen-bond acceptors (Lipinski definition) is 4. The van der Waals surface area contributed by atoms with Crippen LogP contribution in [0.1, 0.15) is 0 Å². The average molecular weight is 616 g/mol. The van der Waals surface area contributed by atoms with Gasteiger partial charge in [-0.2, -0.15) is 0 Å². The van der Waals surface area contributed by atoms with Crippen LogP contribution in [0, 0.1) is 0 Å². The van der Waals surface area contributed by atoms with E-state index in [4.69, 9.17) is 15.0 Å². The van der Waals surface area contributed by atoms with Gasteiger partial charge in [0.2, 0.25) is 0 Å². The molecule has 4 heteroatoms. The molecule has 0 fully saturated rings. The first kappa shape index (κ1) is 26.3. The van der Waals surface area contributed by atoms with Crippen LogP contribution in [-0.2, 0) is 0 Å². The lowest BCUT2D eigenvalue weighted by molar-refractivity contribution is 1.08. The Balaban J connectivity index is 1.25. The smallest absolute Gasteiger partial charge is 0.164 e. The fraction of sp³-hybridized carbons (Fsp3) is 0. The molecule has 0 aliphatic heterocycles. The highest BCUT2D eigenvalue weighted by molar-refractivity contribution is 7.26. The van der Waals surface area contributed by atoms with Crippen molar-refractivity contribution < 1.29 is 0 Å². The van der Waals surface area contributed by atoms with Crippen LogP contribution in [0.3, 0.4) is 0 Å². The Bertz CT molecular complexity index is 2650. The standard InChI is InChI=1S/C43H25N3S/c1-3-11-26(12-4-1)27-21-23-30(24-22-27)42-44-41(29-13-5-2-6-14-29)45-43(46-42)35-25-34-31-18-9-15-28-16-10-19-33(37(28)31)39(34)40-38(35)32-17-7-8-20-36(32)47-40/h1-25H. The number of rotatable bonds is 4. The van der Waals surface area contributed by atoms with Crippen LogP contribution < -0.4 is 0 Å². The molecule has 47 heavy (non-hydrogen) atoms. The van der Waals surface area contributed by atoms with Gasteiger partial charge >= 0.3 is 0 Å². The van der Waals surface area contributed by atoms with Crippen molar-refractivity contribution in [3.63, 3.8) is 0 Å². The lowest BCUT2D eigenvalue weighted by Crippen LogP contribution is -2.00. The van der Waals surface area contributed by atoms with Crippen molar-refractivity contribution in [3.8, 4) is 67.5 Å². The highest BCUT2D eigenvalue weighted by Crippen LogP contribution is 2.55. The molecule has 0 radical (unpaired) electrons. The number of benzene rings is 7. The first-order chi connectivity index (χ1) is 23.3. The van der Waals surface area contributed by atoms with Crippen LogP contribution >= 0.6 is 11.3 Å². The molecule has 0 amide bonds. The monoisotopic (exact) mass is 615 g/mol. The quantitative estimate of drug-likeness (QED) is 0.198. The number of aromatic nitrogens is 3. The van der Waals surface area contributed by atoms with Crippen LogP contribution in [0.4, 0.5) is 0 Å². The zero-order valence-corrected chi connectivity index (χ0v) is 26.0. The van der Waals surface area contributed by atoms with E-state index in [9.17, 15) is 0 Å². The summed E-state index contributed by atoms with van der Waals surface area (Å²) in [6.45, 7) is 0. The van der Waals surface area contributed by atoms with E-state index in [0.717, 1.165) is 22.3 Å². The minimum Gasteiger partial charge on any atom is -0.208 e. The fourth-order valence-electron chi connectivity index (χ4n) is 7.11. The highest BCUT2D eigenvalue weighted by atomic mass is 32.1. The van der Waals surface area contributed by atoms with Crippen molar-refractivity contribution in [2.45, 2.75) is 0 Å². The maximum absolute atomic E-state index is 5.24. The number of nitrogens with zero attached hydrogens (tertiary/aromatic N) is 3. The number of thiophene rings is 1. The molecule has 0 saturated heterocycles. The van der Waals surface area contributed by atoms with Crippen LogP contribution in [0.25, 0.3) is 98.5 Å². The SMILES string of the molecule is c1ccc(-c2ccc(-c3nc(-c4ccccc4)nc(-c4cc5c(c6sc7ccccc7c46)-c4cccc6cccc-5c46)n3)cc2)cc1. The molecule has 3 nitrogen and oxygen atoms in total. The molecular formula is C43H25N3S. The van der Waals surface area contributed by atoms with Gasteiger partial charge in [0.25, 0.3) is 0 Å². The molecule has 9 aromatic rings. The molecule has 2 aromatic heterocycles. The first-order valence-electron chi connectivity index (χ1n) is 15.8. The second-order valence-electron chi connectivity index (χ2n) is 12.0. The lowest BCUT2D eigenvalue weighted by atomic mass is 9.96. The molecule has 218 valence electrons. The molecule has 1 aliphatic rings. The Morgan fingerprint density at radius 3 is 1.70 bits per heavy atom. The van der Waals surface area contributed by atoms with Crippen LogP contribution in [0.2, 0.25) is 0 Å². The summed E-state index contributed by atoms with van der Waals surface area (Å²) in [5.74, 6) is 2.00. The molecule has 0 N–H and O–H groups in total. The summed E-state index contributed by atoms with van der Waals surface area (Å²) in [5.41, 5.74) is 10.4. The first-order valence-corrected chi connectivity index (χ1v) is 16.6. The van der Waals surface area contributed by atoms with E-state index in [1.54, 1.807) is 0 Å². The summed E-state index contributed by atoms with van der Waals surface area (Å²) in [6, 6.07) is 53.5. The van der Waals surface area contributed by atoms with Gasteiger partial charge in [0, 0.05) is 42.4 Å². The number of hydrogen-bond donors (Lipinski definition) is 0. The van der Waals surface area contributed by atoms with Gasteiger partial charge in [-0.05, 0) is 50.7 Å². The summed E-state index contributed by atoms with van der Waals surface area (Å²) in [4.78, 5) is 15.5. The van der Waals surface area contributed by atoms with Crippen molar-refractivity contribution in [2.24, 2.45) is 0 Å². The normalized spacial score (nSPS) is 11.8.